The zero-order chi connectivity index (χ0) is 87.9. The fourth-order valence-electron chi connectivity index (χ4n) is 9.86. The quantitative estimate of drug-likeness (QED) is 0.0463. The number of benzene rings is 2. The van der Waals surface area contributed by atoms with Crippen molar-refractivity contribution in [3.05, 3.63) is 263 Å². The second kappa shape index (κ2) is 45.4. The van der Waals surface area contributed by atoms with E-state index >= 15 is 0 Å². The first-order chi connectivity index (χ1) is 55.9. The summed E-state index contributed by atoms with van der Waals surface area (Å²) in [6.07, 6.45) is 25.0. The highest BCUT2D eigenvalue weighted by atomic mass is 127. The Balaban J connectivity index is 0.000000192. The van der Waals surface area contributed by atoms with Gasteiger partial charge in [0.2, 0.25) is 0 Å². The number of nitrogen functional groups attached to an aromatic ring is 3. The predicted molar refractivity (Wildman–Crippen MR) is 513 cm³/mol. The number of anilines is 3. The zero-order valence-electron chi connectivity index (χ0n) is 65.7. The number of ether oxygens (including phenoxy) is 1. The molecule has 38 heteroatoms. The van der Waals surface area contributed by atoms with Crippen molar-refractivity contribution in [3.63, 3.8) is 0 Å². The first-order valence-electron chi connectivity index (χ1n) is 35.4. The van der Waals surface area contributed by atoms with Crippen LogP contribution in [-0.4, -0.2) is 114 Å². The van der Waals surface area contributed by atoms with Gasteiger partial charge in [0.1, 0.15) is 46.0 Å². The average molecular weight is 2170 g/mol. The standard InChI is InChI=1S/C20H22BClN2O4S.C14H10BrClN2O2S.C10H13ClN2Si.C7H4BrClN2.C7H5ClN2.C5H3Br2N.C5H4ClIN2.C5H5ClN2.C5H10O.C3H4/c1-13-6-8-15(9-7-13)29(25,26)24-12-17(16-10-14(22)11-23-18(16)24)21-27-19(2,3)20(4,5)28-21;1-9-2-4-11(5-3-9)21(19,20)18-8-13(15)12-6-10(16)7-17-14(12)18;1-14(2,3)5-4-8-6-9(11)7-13-10(8)12;8-6-3-11-7-5(6)1-4(9)2-10-7;8-6-3-5-1-2-9-7(5)10-4-6;6-4-2-1-3-5(7)8-4;6-3-1-4(7)5(8)9-2-3;6-4-1-2-5(7)8-3-4;1-5-3-2-4-6-5;1-3-2/h6-12H,1-5H3;2-8H,1H3;6-7H,1-3H3,(H2,12,13);1-3H,(H,10,11);1-4H,(H,9,10);1-3H;1-2H,(H2,8,9);1-3H,(H2,7,8);5H,2-4H2,1H3;1H,2H3. The molecule has 1 unspecified atom stereocenters. The van der Waals surface area contributed by atoms with Crippen LogP contribution in [0.2, 0.25) is 54.8 Å². The van der Waals surface area contributed by atoms with Crippen LogP contribution in [0.3, 0.4) is 0 Å². The number of hydrogen-bond acceptors (Lipinski definition) is 18. The second-order valence-electron chi connectivity index (χ2n) is 27.6. The van der Waals surface area contributed by atoms with E-state index in [0.29, 0.717) is 85.1 Å². The molecule has 2 saturated heterocycles. The molecule has 14 heterocycles. The lowest BCUT2D eigenvalue weighted by Gasteiger charge is -2.32. The van der Waals surface area contributed by atoms with Crippen LogP contribution in [0.15, 0.2) is 217 Å². The maximum Gasteiger partial charge on any atom is 0.497 e. The lowest BCUT2D eigenvalue weighted by Crippen LogP contribution is -2.41. The Morgan fingerprint density at radius 3 is 1.52 bits per heavy atom. The molecular weight excluding hydrogens is 2090 g/mol. The van der Waals surface area contributed by atoms with E-state index in [9.17, 15) is 16.8 Å². The van der Waals surface area contributed by atoms with Gasteiger partial charge in [0.25, 0.3) is 20.0 Å². The molecule has 2 aromatic carbocycles. The Bertz CT molecular complexity index is 6090. The molecule has 22 nitrogen and oxygen atoms in total. The topological polar surface area (TPSA) is 319 Å². The summed E-state index contributed by atoms with van der Waals surface area (Å²) in [7, 11) is -9.66. The van der Waals surface area contributed by atoms with Crippen LogP contribution in [0, 0.1) is 41.2 Å². The van der Waals surface area contributed by atoms with E-state index in [1.54, 1.807) is 104 Å². The molecule has 0 bridgehead atoms. The maximum atomic E-state index is 13.3. The largest absolute Gasteiger partial charge is 0.497 e. The lowest BCUT2D eigenvalue weighted by molar-refractivity contribution is 0.00578. The third-order valence-corrected chi connectivity index (χ3v) is 25.2. The van der Waals surface area contributed by atoms with Crippen molar-refractivity contribution < 1.29 is 30.9 Å². The number of aromatic nitrogens is 12. The van der Waals surface area contributed by atoms with Gasteiger partial charge in [0.15, 0.2) is 11.3 Å². The number of halogens is 12. The molecule has 0 aliphatic carbocycles. The van der Waals surface area contributed by atoms with E-state index in [1.165, 1.54) is 60.2 Å². The fraction of sp³-hybridized carbons (Fsp3) is 0.210. The van der Waals surface area contributed by atoms with Crippen molar-refractivity contribution in [1.29, 1.82) is 0 Å². The minimum absolute atomic E-state index is 0.178. The number of aryl methyl sites for hydroxylation is 2. The van der Waals surface area contributed by atoms with Gasteiger partial charge in [-0.15, -0.1) is 17.9 Å². The maximum absolute atomic E-state index is 13.3. The molecular formula is C81H80BBr4Cl7IN15O7S2Si. The van der Waals surface area contributed by atoms with Crippen molar-refractivity contribution in [2.75, 3.05) is 23.8 Å². The third-order valence-electron chi connectivity index (χ3n) is 16.5. The Kier molecular flexibility index (Phi) is 37.9. The van der Waals surface area contributed by atoms with Crippen LogP contribution >= 0.6 is 168 Å². The molecule has 0 amide bonds. The molecule has 0 radical (unpaired) electrons. The number of pyridine rings is 8. The molecule has 14 aromatic rings. The van der Waals surface area contributed by atoms with Gasteiger partial charge >= 0.3 is 7.12 Å². The highest BCUT2D eigenvalue weighted by Crippen LogP contribution is 2.38. The molecule has 2 fully saturated rings. The van der Waals surface area contributed by atoms with E-state index < -0.39 is 46.4 Å². The summed E-state index contributed by atoms with van der Waals surface area (Å²) in [4.78, 5) is 38.4. The van der Waals surface area contributed by atoms with Gasteiger partial charge < -0.3 is 41.2 Å². The van der Waals surface area contributed by atoms with Gasteiger partial charge in [-0.2, -0.15) is 0 Å². The van der Waals surface area contributed by atoms with Crippen LogP contribution in [0.1, 0.15) is 71.1 Å². The van der Waals surface area contributed by atoms with E-state index in [2.05, 4.69) is 187 Å². The lowest BCUT2D eigenvalue weighted by atomic mass is 9.79. The Morgan fingerprint density at radius 1 is 0.580 bits per heavy atom. The number of rotatable bonds is 5. The smallest absolute Gasteiger partial charge is 0.399 e. The highest BCUT2D eigenvalue weighted by Gasteiger charge is 2.53. The van der Waals surface area contributed by atoms with E-state index in [-0.39, 0.29) is 15.4 Å². The van der Waals surface area contributed by atoms with E-state index in [4.69, 9.17) is 112 Å². The van der Waals surface area contributed by atoms with Crippen molar-refractivity contribution >= 4 is 270 Å². The average Bonchev–Trinajstić information content (AvgIpc) is 1.58. The summed E-state index contributed by atoms with van der Waals surface area (Å²) in [5.41, 5.74) is 24.0. The normalized spacial score (nSPS) is 13.5. The third kappa shape index (κ3) is 29.9. The van der Waals surface area contributed by atoms with Crippen LogP contribution in [0.4, 0.5) is 17.5 Å². The number of nitrogens with one attached hydrogen (secondary N) is 2. The van der Waals surface area contributed by atoms with E-state index in [0.717, 1.165) is 66.6 Å². The first-order valence-corrected chi connectivity index (χ1v) is 48.7. The first kappa shape index (κ1) is 99.2. The molecule has 1 atom stereocenters. The van der Waals surface area contributed by atoms with Gasteiger partial charge in [-0.3, -0.25) is 0 Å². The van der Waals surface area contributed by atoms with Crippen LogP contribution in [0.5, 0.6) is 0 Å². The molecule has 12 aromatic heterocycles. The predicted octanol–water partition coefficient (Wildman–Crippen LogP) is 22.9. The summed E-state index contributed by atoms with van der Waals surface area (Å²) in [5, 5.41) is 7.26. The number of fused-ring (bicyclic) bond motifs is 4. The summed E-state index contributed by atoms with van der Waals surface area (Å²) >= 11 is 55.6. The summed E-state index contributed by atoms with van der Waals surface area (Å²) in [5.74, 6) is 6.75. The summed E-state index contributed by atoms with van der Waals surface area (Å²) in [6.45, 7) is 22.9. The fourth-order valence-corrected chi connectivity index (χ4v) is 16.7. The molecule has 0 spiro atoms. The van der Waals surface area contributed by atoms with Gasteiger partial charge in [0.05, 0.1) is 71.4 Å². The minimum Gasteiger partial charge on any atom is -0.399 e. The van der Waals surface area contributed by atoms with Crippen LogP contribution < -0.4 is 22.7 Å². The van der Waals surface area contributed by atoms with Crippen molar-refractivity contribution in [1.82, 2.24) is 57.8 Å². The number of aromatic amines is 2. The molecule has 2 aliphatic heterocycles. The molecule has 119 heavy (non-hydrogen) atoms. The molecule has 16 rings (SSSR count). The number of nitrogens with two attached hydrogens (primary N) is 3. The van der Waals surface area contributed by atoms with Gasteiger partial charge in [-0.25, -0.2) is 64.7 Å². The molecule has 8 N–H and O–H groups in total. The molecule has 0 saturated carbocycles. The number of terminal acetylenes is 1. The summed E-state index contributed by atoms with van der Waals surface area (Å²) in [6, 6.07) is 35.0. The van der Waals surface area contributed by atoms with Gasteiger partial charge in [0, 0.05) is 111 Å². The van der Waals surface area contributed by atoms with Crippen LogP contribution in [0.25, 0.3) is 44.1 Å². The minimum atomic E-state index is -3.86. The summed E-state index contributed by atoms with van der Waals surface area (Å²) < 4.78 is 76.1. The number of nitrogens with zero attached hydrogens (tertiary/aromatic N) is 10. The molecule has 2 aliphatic rings. The SMILES string of the molecule is Brc1cccc(Br)n1.C#CC.CC1CCCO1.C[Si](C)(C)C#Cc1cc(Cl)cnc1N.Cc1ccc(S(=O)(=O)n2cc(B3OC(C)(C)C(C)(C)O3)c3cc(Cl)cnc32)cc1.Cc1ccc(S(=O)(=O)n2cc(Br)c3cc(Cl)cnc32)cc1.Clc1cnc2[nH]cc(Br)c2c1.Clc1cnc2[nH]ccc2c1.Nc1ccc(Cl)cn1.Nc1ncc(Cl)cc1I. The molecule has 624 valence electrons. The zero-order valence-corrected chi connectivity index (χ0v) is 82.1. The monoisotopic (exact) mass is 2160 g/mol. The Labute approximate surface area is 775 Å². The Morgan fingerprint density at radius 2 is 1.05 bits per heavy atom. The second-order valence-corrected chi connectivity index (χ2v) is 43.5. The van der Waals surface area contributed by atoms with Gasteiger partial charge in [-0.1, -0.05) is 148 Å². The van der Waals surface area contributed by atoms with E-state index in [1.807, 2.05) is 90.3 Å². The Hall–Kier alpha value is -6.94. The van der Waals surface area contributed by atoms with Crippen molar-refractivity contribution in [2.45, 2.75) is 115 Å². The number of H-pyrrole nitrogens is 2. The highest BCUT2D eigenvalue weighted by molar-refractivity contribution is 14.1. The van der Waals surface area contributed by atoms with Crippen LogP contribution in [-0.2, 0) is 34.1 Å². The number of hydrogen-bond donors (Lipinski definition) is 5. The van der Waals surface area contributed by atoms with Crippen molar-refractivity contribution in [2.24, 2.45) is 0 Å². The van der Waals surface area contributed by atoms with Crippen molar-refractivity contribution in [3.8, 4) is 23.8 Å². The van der Waals surface area contributed by atoms with Gasteiger partial charge in [-0.05, 0) is 246 Å².